The Balaban J connectivity index is 1.57. The van der Waals surface area contributed by atoms with E-state index in [1.54, 1.807) is 36.4 Å². The largest absolute Gasteiger partial charge is 0.325 e. The zero-order valence-electron chi connectivity index (χ0n) is 18.8. The molecule has 0 aliphatic carbocycles. The lowest BCUT2D eigenvalue weighted by atomic mass is 10.1. The Hall–Kier alpha value is -3.61. The summed E-state index contributed by atoms with van der Waals surface area (Å²) in [7, 11) is 0. The summed E-state index contributed by atoms with van der Waals surface area (Å²) in [6, 6.07) is 27.7. The van der Waals surface area contributed by atoms with Crippen molar-refractivity contribution in [3.8, 4) is 0 Å². The van der Waals surface area contributed by atoms with Crippen molar-refractivity contribution < 1.29 is 14.0 Å². The van der Waals surface area contributed by atoms with Crippen LogP contribution in [-0.4, -0.2) is 11.8 Å². The van der Waals surface area contributed by atoms with Gasteiger partial charge < -0.3 is 10.6 Å². The predicted octanol–water partition coefficient (Wildman–Crippen LogP) is 7.51. The number of thioether (sulfide) groups is 1. The fourth-order valence-electron chi connectivity index (χ4n) is 3.47. The molecule has 2 amide bonds. The number of hydrogen-bond donors (Lipinski definition) is 2. The number of halogens is 2. The van der Waals surface area contributed by atoms with Crippen molar-refractivity contribution in [1.29, 1.82) is 0 Å². The molecule has 0 saturated heterocycles. The van der Waals surface area contributed by atoms with E-state index in [4.69, 9.17) is 11.6 Å². The molecule has 0 heterocycles. The highest BCUT2D eigenvalue weighted by Crippen LogP contribution is 2.37. The van der Waals surface area contributed by atoms with Crippen LogP contribution in [0.25, 0.3) is 0 Å². The molecular weight excluding hydrogens is 483 g/mol. The van der Waals surface area contributed by atoms with Crippen molar-refractivity contribution in [2.24, 2.45) is 0 Å². The Kier molecular flexibility index (Phi) is 7.85. The van der Waals surface area contributed by atoms with Crippen LogP contribution in [0.3, 0.4) is 0 Å². The maximum atomic E-state index is 14.0. The van der Waals surface area contributed by atoms with Crippen molar-refractivity contribution >= 4 is 46.6 Å². The van der Waals surface area contributed by atoms with Crippen molar-refractivity contribution in [2.75, 3.05) is 10.6 Å². The number of rotatable bonds is 7. The summed E-state index contributed by atoms with van der Waals surface area (Å²) in [5.74, 6) is -1.33. The van der Waals surface area contributed by atoms with Crippen LogP contribution >= 0.6 is 23.4 Å². The van der Waals surface area contributed by atoms with E-state index in [0.29, 0.717) is 16.4 Å². The van der Waals surface area contributed by atoms with Crippen molar-refractivity contribution in [3.05, 3.63) is 125 Å². The fourth-order valence-corrected chi connectivity index (χ4v) is 4.73. The van der Waals surface area contributed by atoms with E-state index < -0.39 is 17.0 Å². The first kappa shape index (κ1) is 24.5. The van der Waals surface area contributed by atoms with Gasteiger partial charge in [0.2, 0.25) is 5.91 Å². The lowest BCUT2D eigenvalue weighted by molar-refractivity contribution is -0.115. The molecule has 0 saturated carbocycles. The Morgan fingerprint density at radius 2 is 1.57 bits per heavy atom. The molecule has 35 heavy (non-hydrogen) atoms. The number of carbonyl (C=O) groups is 2. The van der Waals surface area contributed by atoms with E-state index in [9.17, 15) is 14.0 Å². The molecule has 1 atom stereocenters. The number of amides is 2. The maximum absolute atomic E-state index is 14.0. The van der Waals surface area contributed by atoms with Gasteiger partial charge in [-0.2, -0.15) is 0 Å². The molecule has 176 valence electrons. The lowest BCUT2D eigenvalue weighted by Gasteiger charge is -2.19. The van der Waals surface area contributed by atoms with Crippen LogP contribution in [0.5, 0.6) is 0 Å². The summed E-state index contributed by atoms with van der Waals surface area (Å²) in [5.41, 5.74) is 2.73. The van der Waals surface area contributed by atoms with E-state index >= 15 is 0 Å². The Morgan fingerprint density at radius 3 is 2.34 bits per heavy atom. The number of nitrogens with one attached hydrogen (secondary N) is 2. The lowest BCUT2D eigenvalue weighted by Crippen LogP contribution is -2.19. The van der Waals surface area contributed by atoms with Gasteiger partial charge in [0.1, 0.15) is 11.1 Å². The van der Waals surface area contributed by atoms with Gasteiger partial charge in [-0.3, -0.25) is 9.59 Å². The smallest absolute Gasteiger partial charge is 0.258 e. The summed E-state index contributed by atoms with van der Waals surface area (Å²) in [4.78, 5) is 26.7. The molecule has 4 rings (SSSR count). The Bertz CT molecular complexity index is 1360. The highest BCUT2D eigenvalue weighted by atomic mass is 35.5. The van der Waals surface area contributed by atoms with E-state index in [-0.39, 0.29) is 11.5 Å². The molecule has 2 N–H and O–H groups in total. The van der Waals surface area contributed by atoms with Crippen LogP contribution in [0, 0.1) is 12.7 Å². The quantitative estimate of drug-likeness (QED) is 0.256. The topological polar surface area (TPSA) is 58.2 Å². The summed E-state index contributed by atoms with van der Waals surface area (Å²) in [6.45, 7) is 1.85. The third-order valence-corrected chi connectivity index (χ3v) is 6.99. The summed E-state index contributed by atoms with van der Waals surface area (Å²) in [5, 5.41) is 5.73. The first-order valence-corrected chi connectivity index (χ1v) is 12.1. The molecule has 0 aliphatic rings. The van der Waals surface area contributed by atoms with E-state index in [0.717, 1.165) is 16.0 Å². The third-order valence-electron chi connectivity index (χ3n) is 5.33. The van der Waals surface area contributed by atoms with E-state index in [1.807, 2.05) is 49.4 Å². The third kappa shape index (κ3) is 6.10. The van der Waals surface area contributed by atoms with Crippen LogP contribution in [0.2, 0.25) is 5.02 Å². The molecule has 4 aromatic carbocycles. The van der Waals surface area contributed by atoms with Gasteiger partial charge in [0.25, 0.3) is 5.91 Å². The summed E-state index contributed by atoms with van der Waals surface area (Å²) in [6.07, 6.45) is 0. The van der Waals surface area contributed by atoms with Crippen molar-refractivity contribution in [1.82, 2.24) is 0 Å². The van der Waals surface area contributed by atoms with Gasteiger partial charge in [0, 0.05) is 21.3 Å². The van der Waals surface area contributed by atoms with Crippen LogP contribution in [0.1, 0.15) is 26.7 Å². The molecular formula is C28H22ClFN2O2S. The second kappa shape index (κ2) is 11.2. The van der Waals surface area contributed by atoms with Crippen LogP contribution < -0.4 is 10.6 Å². The van der Waals surface area contributed by atoms with Gasteiger partial charge in [0.05, 0.1) is 5.56 Å². The Labute approximate surface area is 212 Å². The summed E-state index contributed by atoms with van der Waals surface area (Å²) >= 11 is 7.57. The first-order valence-electron chi connectivity index (χ1n) is 10.9. The van der Waals surface area contributed by atoms with E-state index in [1.165, 1.54) is 30.0 Å². The van der Waals surface area contributed by atoms with Gasteiger partial charge in [-0.15, -0.1) is 11.8 Å². The zero-order chi connectivity index (χ0) is 24.8. The zero-order valence-corrected chi connectivity index (χ0v) is 20.4. The molecule has 0 spiro atoms. The van der Waals surface area contributed by atoms with Crippen molar-refractivity contribution in [3.63, 3.8) is 0 Å². The monoisotopic (exact) mass is 504 g/mol. The second-order valence-electron chi connectivity index (χ2n) is 7.77. The minimum Gasteiger partial charge on any atom is -0.325 e. The molecule has 1 unspecified atom stereocenters. The van der Waals surface area contributed by atoms with Gasteiger partial charge in [0.15, 0.2) is 0 Å². The van der Waals surface area contributed by atoms with Gasteiger partial charge >= 0.3 is 0 Å². The highest BCUT2D eigenvalue weighted by molar-refractivity contribution is 8.00. The SMILES string of the molecule is Cc1c(Cl)cccc1NC(=O)C(Sc1cccc(NC(=O)c2ccccc2F)c1)c1ccccc1. The molecule has 0 aliphatic heterocycles. The standard InChI is InChI=1S/C28H22ClFN2O2S/c1-18-23(29)14-8-16-25(18)32-28(34)26(19-9-3-2-4-10-19)35-21-12-7-11-20(17-21)31-27(33)22-13-5-6-15-24(22)30/h2-17,26H,1H3,(H,31,33)(H,32,34). The average Bonchev–Trinajstić information content (AvgIpc) is 2.86. The highest BCUT2D eigenvalue weighted by Gasteiger charge is 2.23. The van der Waals surface area contributed by atoms with Crippen LogP contribution in [0.4, 0.5) is 15.8 Å². The van der Waals surface area contributed by atoms with E-state index in [2.05, 4.69) is 10.6 Å². The molecule has 0 aromatic heterocycles. The minimum atomic E-state index is -0.590. The van der Waals surface area contributed by atoms with Crippen molar-refractivity contribution in [2.45, 2.75) is 17.1 Å². The molecule has 7 heteroatoms. The van der Waals surface area contributed by atoms with Crippen LogP contribution in [-0.2, 0) is 4.79 Å². The van der Waals surface area contributed by atoms with Gasteiger partial charge in [-0.25, -0.2) is 4.39 Å². The molecule has 0 bridgehead atoms. The van der Waals surface area contributed by atoms with Gasteiger partial charge in [-0.05, 0) is 60.5 Å². The number of anilines is 2. The molecule has 4 aromatic rings. The second-order valence-corrected chi connectivity index (χ2v) is 9.36. The number of benzene rings is 4. The maximum Gasteiger partial charge on any atom is 0.258 e. The van der Waals surface area contributed by atoms with Crippen LogP contribution in [0.15, 0.2) is 102 Å². The predicted molar refractivity (Wildman–Crippen MR) is 141 cm³/mol. The van der Waals surface area contributed by atoms with Gasteiger partial charge in [-0.1, -0.05) is 66.2 Å². The number of hydrogen-bond acceptors (Lipinski definition) is 3. The normalized spacial score (nSPS) is 11.5. The average molecular weight is 505 g/mol. The summed E-state index contributed by atoms with van der Waals surface area (Å²) < 4.78 is 14.0. The fraction of sp³-hybridized carbons (Fsp3) is 0.0714. The molecule has 0 fully saturated rings. The Morgan fingerprint density at radius 1 is 0.857 bits per heavy atom. The first-order chi connectivity index (χ1) is 16.9. The molecule has 0 radical (unpaired) electrons. The molecule has 4 nitrogen and oxygen atoms in total. The number of carbonyl (C=O) groups excluding carboxylic acids is 2. The minimum absolute atomic E-state index is 0.0380.